The van der Waals surface area contributed by atoms with Crippen molar-refractivity contribution in [1.82, 2.24) is 4.90 Å². The number of sulfone groups is 1. The van der Waals surface area contributed by atoms with Crippen molar-refractivity contribution in [3.8, 4) is 0 Å². The molecule has 4 nitrogen and oxygen atoms in total. The van der Waals surface area contributed by atoms with Crippen molar-refractivity contribution < 1.29 is 17.6 Å². The highest BCUT2D eigenvalue weighted by atomic mass is 79.9. The first kappa shape index (κ1) is 17.6. The molecule has 1 atom stereocenters. The highest BCUT2D eigenvalue weighted by Gasteiger charge is 2.34. The summed E-state index contributed by atoms with van der Waals surface area (Å²) in [5, 5.41) is 0.899. The first-order valence-electron chi connectivity index (χ1n) is 7.38. The monoisotopic (exact) mass is 431 g/mol. The summed E-state index contributed by atoms with van der Waals surface area (Å²) in [6, 6.07) is 7.66. The molecular weight excluding hydrogens is 417 g/mol. The van der Waals surface area contributed by atoms with Gasteiger partial charge in [0.25, 0.3) is 5.91 Å². The van der Waals surface area contributed by atoms with E-state index in [2.05, 4.69) is 15.9 Å². The van der Waals surface area contributed by atoms with Crippen LogP contribution in [0.15, 0.2) is 40.2 Å². The van der Waals surface area contributed by atoms with Crippen LogP contribution in [0.25, 0.3) is 0 Å². The predicted molar refractivity (Wildman–Crippen MR) is 95.5 cm³/mol. The molecule has 0 radical (unpaired) electrons. The Morgan fingerprint density at radius 1 is 1.29 bits per heavy atom. The molecule has 1 aromatic heterocycles. The van der Waals surface area contributed by atoms with E-state index >= 15 is 0 Å². The van der Waals surface area contributed by atoms with Crippen LogP contribution in [-0.2, 0) is 9.84 Å². The average molecular weight is 432 g/mol. The number of carbonyl (C=O) groups excluding carboxylic acids is 1. The molecule has 1 amide bonds. The first-order chi connectivity index (χ1) is 11.4. The van der Waals surface area contributed by atoms with E-state index in [1.54, 1.807) is 12.1 Å². The molecule has 2 aromatic rings. The lowest BCUT2D eigenvalue weighted by Crippen LogP contribution is -2.33. The van der Waals surface area contributed by atoms with E-state index in [1.807, 2.05) is 5.38 Å². The molecule has 24 heavy (non-hydrogen) atoms. The number of hydrogen-bond donors (Lipinski definition) is 0. The molecule has 0 bridgehead atoms. The maximum Gasteiger partial charge on any atom is 0.263 e. The SMILES string of the molecule is O=C(c1cc(Br)cs1)N1CCC(c2ccccc2F)S(=O)(=O)CC1. The fraction of sp³-hybridized carbons (Fsp3) is 0.312. The van der Waals surface area contributed by atoms with Crippen molar-refractivity contribution in [3.63, 3.8) is 0 Å². The number of carbonyl (C=O) groups is 1. The van der Waals surface area contributed by atoms with Gasteiger partial charge in [-0.05, 0) is 34.5 Å². The minimum atomic E-state index is -3.52. The lowest BCUT2D eigenvalue weighted by atomic mass is 10.1. The molecule has 0 aliphatic carbocycles. The largest absolute Gasteiger partial charge is 0.337 e. The van der Waals surface area contributed by atoms with Crippen molar-refractivity contribution in [3.05, 3.63) is 56.4 Å². The Bertz CT molecular complexity index is 866. The maximum absolute atomic E-state index is 14.0. The molecular formula is C16H15BrFNO3S2. The second-order valence-electron chi connectivity index (χ2n) is 5.59. The van der Waals surface area contributed by atoms with Gasteiger partial charge in [0.2, 0.25) is 0 Å². The van der Waals surface area contributed by atoms with Crippen molar-refractivity contribution in [2.75, 3.05) is 18.8 Å². The zero-order chi connectivity index (χ0) is 17.3. The van der Waals surface area contributed by atoms with Crippen LogP contribution in [0.3, 0.4) is 0 Å². The second-order valence-corrected chi connectivity index (χ2v) is 9.72. The minimum Gasteiger partial charge on any atom is -0.337 e. The zero-order valence-electron chi connectivity index (χ0n) is 12.6. The molecule has 128 valence electrons. The predicted octanol–water partition coefficient (Wildman–Crippen LogP) is 3.65. The molecule has 0 N–H and O–H groups in total. The van der Waals surface area contributed by atoms with E-state index < -0.39 is 20.9 Å². The molecule has 1 aliphatic heterocycles. The van der Waals surface area contributed by atoms with Crippen molar-refractivity contribution in [2.24, 2.45) is 0 Å². The Morgan fingerprint density at radius 2 is 2.04 bits per heavy atom. The maximum atomic E-state index is 14.0. The molecule has 1 fully saturated rings. The smallest absolute Gasteiger partial charge is 0.263 e. The van der Waals surface area contributed by atoms with Gasteiger partial charge in [-0.1, -0.05) is 18.2 Å². The average Bonchev–Trinajstić information content (AvgIpc) is 2.90. The van der Waals surface area contributed by atoms with Crippen LogP contribution in [0.2, 0.25) is 0 Å². The summed E-state index contributed by atoms with van der Waals surface area (Å²) in [6.45, 7) is 0.411. The van der Waals surface area contributed by atoms with Gasteiger partial charge in [-0.25, -0.2) is 12.8 Å². The molecule has 1 unspecified atom stereocenters. The normalized spacial score (nSPS) is 20.6. The Kier molecular flexibility index (Phi) is 5.08. The summed E-state index contributed by atoms with van der Waals surface area (Å²) in [5.74, 6) is -0.868. The number of nitrogens with zero attached hydrogens (tertiary/aromatic N) is 1. The van der Waals surface area contributed by atoms with Crippen LogP contribution in [0.4, 0.5) is 4.39 Å². The lowest BCUT2D eigenvalue weighted by molar-refractivity contribution is 0.0771. The van der Waals surface area contributed by atoms with Gasteiger partial charge in [-0.2, -0.15) is 0 Å². The van der Waals surface area contributed by atoms with Crippen LogP contribution in [0, 0.1) is 5.82 Å². The molecule has 3 rings (SSSR count). The number of amides is 1. The van der Waals surface area contributed by atoms with Gasteiger partial charge in [0, 0.05) is 28.5 Å². The minimum absolute atomic E-state index is 0.127. The number of rotatable bonds is 2. The molecule has 1 aliphatic rings. The van der Waals surface area contributed by atoms with E-state index in [4.69, 9.17) is 0 Å². The van der Waals surface area contributed by atoms with Crippen molar-refractivity contribution in [2.45, 2.75) is 11.7 Å². The topological polar surface area (TPSA) is 54.5 Å². The number of thiophene rings is 1. The molecule has 2 heterocycles. The van der Waals surface area contributed by atoms with Gasteiger partial charge < -0.3 is 4.90 Å². The van der Waals surface area contributed by atoms with Crippen molar-refractivity contribution >= 4 is 43.0 Å². The van der Waals surface area contributed by atoms with E-state index in [0.717, 1.165) is 4.47 Å². The summed E-state index contributed by atoms with van der Waals surface area (Å²) < 4.78 is 40.0. The number of halogens is 2. The fourth-order valence-corrected chi connectivity index (χ4v) is 6.01. The third kappa shape index (κ3) is 3.55. The first-order valence-corrected chi connectivity index (χ1v) is 10.8. The van der Waals surface area contributed by atoms with Gasteiger partial charge in [0.1, 0.15) is 5.82 Å². The van der Waals surface area contributed by atoms with Crippen LogP contribution in [0.1, 0.15) is 26.9 Å². The fourth-order valence-electron chi connectivity index (χ4n) is 2.81. The summed E-state index contributed by atoms with van der Waals surface area (Å²) in [6.07, 6.45) is 0.196. The Balaban J connectivity index is 1.85. The Morgan fingerprint density at radius 3 is 2.71 bits per heavy atom. The van der Waals surface area contributed by atoms with Crippen LogP contribution in [0.5, 0.6) is 0 Å². The number of benzene rings is 1. The lowest BCUT2D eigenvalue weighted by Gasteiger charge is -2.19. The zero-order valence-corrected chi connectivity index (χ0v) is 15.8. The van der Waals surface area contributed by atoms with Crippen molar-refractivity contribution in [1.29, 1.82) is 0 Å². The van der Waals surface area contributed by atoms with E-state index in [1.165, 1.54) is 34.4 Å². The Labute approximate surface area is 152 Å². The van der Waals surface area contributed by atoms with E-state index in [0.29, 0.717) is 4.88 Å². The Hall–Kier alpha value is -1.25. The molecule has 0 spiro atoms. The third-order valence-electron chi connectivity index (χ3n) is 4.06. The third-order valence-corrected chi connectivity index (χ3v) is 7.85. The molecule has 0 saturated carbocycles. The summed E-state index contributed by atoms with van der Waals surface area (Å²) in [7, 11) is -3.52. The van der Waals surface area contributed by atoms with Gasteiger partial charge in [-0.15, -0.1) is 11.3 Å². The molecule has 1 aromatic carbocycles. The molecule has 1 saturated heterocycles. The van der Waals surface area contributed by atoms with E-state index in [9.17, 15) is 17.6 Å². The van der Waals surface area contributed by atoms with Gasteiger partial charge >= 0.3 is 0 Å². The van der Waals surface area contributed by atoms with Gasteiger partial charge in [0.15, 0.2) is 9.84 Å². The van der Waals surface area contributed by atoms with E-state index in [-0.39, 0.29) is 36.7 Å². The van der Waals surface area contributed by atoms with Gasteiger partial charge in [-0.3, -0.25) is 4.79 Å². The van der Waals surface area contributed by atoms with Crippen LogP contribution in [-0.4, -0.2) is 38.1 Å². The van der Waals surface area contributed by atoms with Crippen LogP contribution < -0.4 is 0 Å². The highest BCUT2D eigenvalue weighted by Crippen LogP contribution is 2.32. The summed E-state index contributed by atoms with van der Waals surface area (Å²) in [4.78, 5) is 14.6. The quantitative estimate of drug-likeness (QED) is 0.728. The second kappa shape index (κ2) is 6.93. The summed E-state index contributed by atoms with van der Waals surface area (Å²) in [5.41, 5.74) is 0.186. The highest BCUT2D eigenvalue weighted by molar-refractivity contribution is 9.10. The number of hydrogen-bond acceptors (Lipinski definition) is 4. The van der Waals surface area contributed by atoms with Gasteiger partial charge in [0.05, 0.1) is 15.9 Å². The summed E-state index contributed by atoms with van der Waals surface area (Å²) >= 11 is 4.62. The standard InChI is InChI=1S/C16H15BrFNO3S2/c17-11-9-14(23-10-11)16(20)19-6-5-15(24(21,22)8-7-19)12-3-1-2-4-13(12)18/h1-4,9-10,15H,5-8H2. The molecule has 8 heteroatoms. The van der Waals surface area contributed by atoms with Crippen LogP contribution >= 0.6 is 27.3 Å².